The minimum atomic E-state index is -0.292. The Morgan fingerprint density at radius 3 is 2.25 bits per heavy atom. The number of phenolic OH excluding ortho intramolecular Hbond substituents is 1. The molecule has 1 fully saturated rings. The van der Waals surface area contributed by atoms with Gasteiger partial charge in [-0.05, 0) is 65.3 Å². The number of aromatic hydroxyl groups is 1. The van der Waals surface area contributed by atoms with Crippen molar-refractivity contribution in [1.82, 2.24) is 15.2 Å². The van der Waals surface area contributed by atoms with Crippen LogP contribution >= 0.6 is 0 Å². The van der Waals surface area contributed by atoms with E-state index in [1.165, 1.54) is 0 Å². The topological polar surface area (TPSA) is 83.9 Å². The number of aromatic nitrogens is 1. The molecule has 44 heavy (non-hydrogen) atoms. The van der Waals surface area contributed by atoms with Gasteiger partial charge < -0.3 is 24.8 Å². The van der Waals surface area contributed by atoms with Gasteiger partial charge >= 0.3 is 0 Å². The second-order valence-electron chi connectivity index (χ2n) is 11.1. The molecule has 0 atom stereocenters. The third-order valence-corrected chi connectivity index (χ3v) is 8.13. The highest BCUT2D eigenvalue weighted by atomic mass is 16.5. The number of pyridine rings is 1. The summed E-state index contributed by atoms with van der Waals surface area (Å²) in [6.45, 7) is 3.42. The SMILES string of the molecule is O=C(NCCN1CCC(OC(c2ccccc2)c2ccccc2)CC1)c1cc2cccc(OCc3ccncc3)c2cc1O. The van der Waals surface area contributed by atoms with Gasteiger partial charge in [-0.25, -0.2) is 0 Å². The number of benzene rings is 4. The van der Waals surface area contributed by atoms with Crippen LogP contribution in [0.2, 0.25) is 0 Å². The molecule has 2 heterocycles. The lowest BCUT2D eigenvalue weighted by Gasteiger charge is -2.34. The summed E-state index contributed by atoms with van der Waals surface area (Å²) in [5.41, 5.74) is 3.57. The molecule has 1 amide bonds. The lowest BCUT2D eigenvalue weighted by atomic mass is 10.00. The first-order chi connectivity index (χ1) is 21.6. The number of carbonyl (C=O) groups is 1. The number of ether oxygens (including phenoxy) is 2. The number of hydrogen-bond acceptors (Lipinski definition) is 6. The van der Waals surface area contributed by atoms with Gasteiger partial charge in [-0.3, -0.25) is 9.78 Å². The lowest BCUT2D eigenvalue weighted by molar-refractivity contribution is -0.0267. The van der Waals surface area contributed by atoms with Crippen molar-refractivity contribution >= 4 is 16.7 Å². The second kappa shape index (κ2) is 14.2. The number of piperidine rings is 1. The first-order valence-corrected chi connectivity index (χ1v) is 15.2. The van der Waals surface area contributed by atoms with Gasteiger partial charge in [0.15, 0.2) is 0 Å². The van der Waals surface area contributed by atoms with Crippen LogP contribution in [0, 0.1) is 0 Å². The van der Waals surface area contributed by atoms with Gasteiger partial charge in [-0.2, -0.15) is 0 Å². The van der Waals surface area contributed by atoms with E-state index in [4.69, 9.17) is 9.47 Å². The Hall–Kier alpha value is -4.72. The van der Waals surface area contributed by atoms with Gasteiger partial charge in [0.1, 0.15) is 24.2 Å². The normalized spacial score (nSPS) is 14.1. The Morgan fingerprint density at radius 2 is 1.57 bits per heavy atom. The predicted octanol–water partition coefficient (Wildman–Crippen LogP) is 6.52. The molecular formula is C37H37N3O4. The highest BCUT2D eigenvalue weighted by Crippen LogP contribution is 2.33. The molecule has 7 nitrogen and oxygen atoms in total. The number of nitrogens with one attached hydrogen (secondary N) is 1. The summed E-state index contributed by atoms with van der Waals surface area (Å²) in [6.07, 6.45) is 5.39. The van der Waals surface area contributed by atoms with E-state index in [9.17, 15) is 9.90 Å². The fraction of sp³-hybridized carbons (Fsp3) is 0.243. The summed E-state index contributed by atoms with van der Waals surface area (Å²) < 4.78 is 12.7. The van der Waals surface area contributed by atoms with Crippen LogP contribution in [-0.4, -0.2) is 53.2 Å². The molecule has 0 radical (unpaired) electrons. The summed E-state index contributed by atoms with van der Waals surface area (Å²) in [7, 11) is 0. The highest BCUT2D eigenvalue weighted by Gasteiger charge is 2.25. The van der Waals surface area contributed by atoms with E-state index in [1.54, 1.807) is 24.5 Å². The standard InChI is InChI=1S/C37H37N3O4/c41-34-25-32-30(12-7-13-35(32)43-26-27-14-18-38-19-15-27)24-33(34)37(42)39-20-23-40-21-16-31(17-22-40)44-36(28-8-3-1-4-9-28)29-10-5-2-6-11-29/h1-15,18-19,24-25,31,36,41H,16-17,20-23,26H2,(H,39,42). The number of carbonyl (C=O) groups excluding carboxylic acids is 1. The minimum Gasteiger partial charge on any atom is -0.507 e. The van der Waals surface area contributed by atoms with Crippen molar-refractivity contribution in [3.63, 3.8) is 0 Å². The maximum Gasteiger partial charge on any atom is 0.255 e. The molecule has 2 N–H and O–H groups in total. The molecule has 5 aromatic rings. The molecule has 0 aliphatic carbocycles. The molecule has 1 saturated heterocycles. The van der Waals surface area contributed by atoms with Crippen LogP contribution in [0.1, 0.15) is 46.0 Å². The van der Waals surface area contributed by atoms with Crippen LogP contribution in [-0.2, 0) is 11.3 Å². The average Bonchev–Trinajstić information content (AvgIpc) is 3.08. The molecule has 1 aromatic heterocycles. The van der Waals surface area contributed by atoms with Crippen molar-refractivity contribution in [2.24, 2.45) is 0 Å². The van der Waals surface area contributed by atoms with Crippen LogP contribution in [0.4, 0.5) is 0 Å². The number of rotatable bonds is 11. The zero-order valence-electron chi connectivity index (χ0n) is 24.6. The predicted molar refractivity (Wildman–Crippen MR) is 172 cm³/mol. The van der Waals surface area contributed by atoms with Crippen LogP contribution in [0.25, 0.3) is 10.8 Å². The zero-order valence-corrected chi connectivity index (χ0v) is 24.6. The van der Waals surface area contributed by atoms with E-state index in [2.05, 4.69) is 63.7 Å². The molecule has 4 aromatic carbocycles. The third-order valence-electron chi connectivity index (χ3n) is 8.13. The Labute approximate surface area is 258 Å². The van der Waals surface area contributed by atoms with Crippen molar-refractivity contribution in [2.45, 2.75) is 31.7 Å². The molecule has 7 heteroatoms. The smallest absolute Gasteiger partial charge is 0.255 e. The zero-order chi connectivity index (χ0) is 30.1. The van der Waals surface area contributed by atoms with Crippen LogP contribution in [0.3, 0.4) is 0 Å². The van der Waals surface area contributed by atoms with Crippen LogP contribution in [0.15, 0.2) is 116 Å². The Kier molecular flexibility index (Phi) is 9.45. The lowest BCUT2D eigenvalue weighted by Crippen LogP contribution is -2.41. The number of phenols is 1. The molecule has 0 unspecified atom stereocenters. The van der Waals surface area contributed by atoms with Crippen molar-refractivity contribution in [1.29, 1.82) is 0 Å². The van der Waals surface area contributed by atoms with Crippen molar-refractivity contribution in [3.05, 3.63) is 138 Å². The number of likely N-dealkylation sites (tertiary alicyclic amines) is 1. The number of nitrogens with zero attached hydrogens (tertiary/aromatic N) is 2. The third kappa shape index (κ3) is 7.25. The first-order valence-electron chi connectivity index (χ1n) is 15.2. The highest BCUT2D eigenvalue weighted by molar-refractivity contribution is 6.02. The summed E-state index contributed by atoms with van der Waals surface area (Å²) in [5, 5.41) is 15.3. The van der Waals surface area contributed by atoms with Gasteiger partial charge in [0, 0.05) is 44.0 Å². The van der Waals surface area contributed by atoms with E-state index in [0.717, 1.165) is 59.9 Å². The van der Waals surface area contributed by atoms with Crippen molar-refractivity contribution in [3.8, 4) is 11.5 Å². The number of amides is 1. The summed E-state index contributed by atoms with van der Waals surface area (Å²) in [5.74, 6) is 0.284. The monoisotopic (exact) mass is 587 g/mol. The minimum absolute atomic E-state index is 0.0701. The van der Waals surface area contributed by atoms with Gasteiger partial charge in [0.05, 0.1) is 11.7 Å². The van der Waals surface area contributed by atoms with Gasteiger partial charge in [0.2, 0.25) is 0 Å². The molecule has 0 bridgehead atoms. The molecule has 1 aliphatic rings. The molecule has 0 saturated carbocycles. The molecule has 6 rings (SSSR count). The average molecular weight is 588 g/mol. The van der Waals surface area contributed by atoms with E-state index in [1.807, 2.05) is 42.5 Å². The molecule has 224 valence electrons. The van der Waals surface area contributed by atoms with E-state index in [0.29, 0.717) is 18.9 Å². The first kappa shape index (κ1) is 29.4. The molecule has 1 aliphatic heterocycles. The quantitative estimate of drug-likeness (QED) is 0.183. The summed E-state index contributed by atoms with van der Waals surface area (Å²) >= 11 is 0. The van der Waals surface area contributed by atoms with Gasteiger partial charge in [0.25, 0.3) is 5.91 Å². The Bertz CT molecular complexity index is 1620. The Balaban J connectivity index is 1.00. The maximum atomic E-state index is 13.0. The number of hydrogen-bond donors (Lipinski definition) is 2. The number of fused-ring (bicyclic) bond motifs is 1. The summed E-state index contributed by atoms with van der Waals surface area (Å²) in [4.78, 5) is 19.4. The largest absolute Gasteiger partial charge is 0.507 e. The fourth-order valence-corrected chi connectivity index (χ4v) is 5.72. The van der Waals surface area contributed by atoms with Crippen LogP contribution in [0.5, 0.6) is 11.5 Å². The van der Waals surface area contributed by atoms with E-state index < -0.39 is 0 Å². The Morgan fingerprint density at radius 1 is 0.886 bits per heavy atom. The van der Waals surface area contributed by atoms with E-state index in [-0.39, 0.29) is 29.4 Å². The second-order valence-corrected chi connectivity index (χ2v) is 11.1. The van der Waals surface area contributed by atoms with Crippen molar-refractivity contribution < 1.29 is 19.4 Å². The van der Waals surface area contributed by atoms with Gasteiger partial charge in [-0.1, -0.05) is 72.8 Å². The molecule has 0 spiro atoms. The fourth-order valence-electron chi connectivity index (χ4n) is 5.72. The van der Waals surface area contributed by atoms with Crippen molar-refractivity contribution in [2.75, 3.05) is 26.2 Å². The maximum absolute atomic E-state index is 13.0. The van der Waals surface area contributed by atoms with Crippen LogP contribution < -0.4 is 10.1 Å². The van der Waals surface area contributed by atoms with Gasteiger partial charge in [-0.15, -0.1) is 0 Å². The molecular weight excluding hydrogens is 550 g/mol. The van der Waals surface area contributed by atoms with E-state index >= 15 is 0 Å². The summed E-state index contributed by atoms with van der Waals surface area (Å²) in [6, 6.07) is 33.6.